The van der Waals surface area contributed by atoms with Gasteiger partial charge >= 0.3 is 5.97 Å². The van der Waals surface area contributed by atoms with E-state index in [2.05, 4.69) is 9.72 Å². The highest BCUT2D eigenvalue weighted by Gasteiger charge is 2.35. The number of fused-ring (bicyclic) bond motifs is 2. The Kier molecular flexibility index (Phi) is 8.16. The van der Waals surface area contributed by atoms with Gasteiger partial charge in [-0.25, -0.2) is 13.4 Å². The van der Waals surface area contributed by atoms with E-state index in [1.54, 1.807) is 17.0 Å². The zero-order valence-corrected chi connectivity index (χ0v) is 23.6. The van der Waals surface area contributed by atoms with Gasteiger partial charge in [-0.05, 0) is 48.7 Å². The molecule has 4 aromatic rings. The largest absolute Gasteiger partial charge is 0.466 e. The highest BCUT2D eigenvalue weighted by molar-refractivity contribution is 7.90. The van der Waals surface area contributed by atoms with Crippen LogP contribution in [0.2, 0.25) is 0 Å². The average molecular weight is 575 g/mol. The number of aromatic nitrogens is 2. The summed E-state index contributed by atoms with van der Waals surface area (Å²) in [5, 5.41) is 4.19. The van der Waals surface area contributed by atoms with Gasteiger partial charge in [-0.15, -0.1) is 0 Å². The summed E-state index contributed by atoms with van der Waals surface area (Å²) in [6, 6.07) is 21.6. The van der Waals surface area contributed by atoms with Gasteiger partial charge in [0.05, 0.1) is 34.8 Å². The molecule has 0 aliphatic carbocycles. The molecule has 1 aliphatic heterocycles. The van der Waals surface area contributed by atoms with Crippen molar-refractivity contribution in [2.45, 2.75) is 44.4 Å². The summed E-state index contributed by atoms with van der Waals surface area (Å²) in [5.74, 6) is 0.137. The van der Waals surface area contributed by atoms with Crippen molar-refractivity contribution >= 4 is 44.1 Å². The van der Waals surface area contributed by atoms with E-state index in [4.69, 9.17) is 14.6 Å². The number of amides is 1. The lowest BCUT2D eigenvalue weighted by atomic mass is 10.1. The van der Waals surface area contributed by atoms with Gasteiger partial charge in [-0.1, -0.05) is 47.6 Å². The molecule has 3 aromatic carbocycles. The third kappa shape index (κ3) is 6.30. The highest BCUT2D eigenvalue weighted by atomic mass is 32.2. The molecule has 0 bridgehead atoms. The van der Waals surface area contributed by atoms with E-state index in [1.807, 2.05) is 48.5 Å². The Balaban J connectivity index is 1.35. The van der Waals surface area contributed by atoms with Crippen molar-refractivity contribution in [2.24, 2.45) is 5.16 Å². The molecular weight excluding hydrogens is 544 g/mol. The Morgan fingerprint density at radius 1 is 0.976 bits per heavy atom. The summed E-state index contributed by atoms with van der Waals surface area (Å²) in [6.45, 7) is 2.72. The quantitative estimate of drug-likeness (QED) is 0.149. The molecule has 0 radical (unpaired) electrons. The molecule has 0 saturated carbocycles. The van der Waals surface area contributed by atoms with Gasteiger partial charge in [0.15, 0.2) is 15.5 Å². The Morgan fingerprint density at radius 2 is 1.71 bits per heavy atom. The molecule has 1 aromatic heterocycles. The Bertz CT molecular complexity index is 1730. The molecule has 0 N–H and O–H groups in total. The number of hydrogen-bond acceptors (Lipinski definition) is 8. The number of hydrogen-bond donors (Lipinski definition) is 0. The van der Waals surface area contributed by atoms with E-state index < -0.39 is 9.84 Å². The van der Waals surface area contributed by atoms with E-state index in [0.717, 1.165) is 35.1 Å². The van der Waals surface area contributed by atoms with Crippen LogP contribution < -0.4 is 4.90 Å². The normalized spacial score (nSPS) is 14.0. The fraction of sp³-hybridized carbons (Fsp3) is 0.267. The predicted molar refractivity (Wildman–Crippen MR) is 154 cm³/mol. The van der Waals surface area contributed by atoms with Crippen molar-refractivity contribution in [3.05, 3.63) is 89.7 Å². The number of anilines is 1. The number of nitrogens with zero attached hydrogens (tertiary/aromatic N) is 4. The SMILES string of the molecule is CC(=O)OCCCCn1c(CN2C(=O)/C(=N/OCc3ccc(S(C)(=O)=O)cc3)c3ccccc32)nc2ccccc21. The van der Waals surface area contributed by atoms with Crippen molar-refractivity contribution in [2.75, 3.05) is 17.8 Å². The molecule has 1 amide bonds. The molecule has 2 heterocycles. The smallest absolute Gasteiger partial charge is 0.302 e. The maximum absolute atomic E-state index is 13.6. The molecule has 41 heavy (non-hydrogen) atoms. The van der Waals surface area contributed by atoms with E-state index in [1.165, 1.54) is 19.1 Å². The lowest BCUT2D eigenvalue weighted by Crippen LogP contribution is -2.31. The number of carbonyl (C=O) groups is 2. The number of aryl methyl sites for hydroxylation is 1. The van der Waals surface area contributed by atoms with Crippen LogP contribution >= 0.6 is 0 Å². The summed E-state index contributed by atoms with van der Waals surface area (Å²) >= 11 is 0. The van der Waals surface area contributed by atoms with Gasteiger partial charge in [0, 0.05) is 25.3 Å². The van der Waals surface area contributed by atoms with Crippen molar-refractivity contribution in [1.82, 2.24) is 9.55 Å². The van der Waals surface area contributed by atoms with E-state index in [9.17, 15) is 18.0 Å². The molecule has 10 nitrogen and oxygen atoms in total. The Morgan fingerprint density at radius 3 is 2.46 bits per heavy atom. The molecule has 0 spiro atoms. The van der Waals surface area contributed by atoms with Gasteiger partial charge in [-0.3, -0.25) is 14.5 Å². The molecule has 0 atom stereocenters. The van der Waals surface area contributed by atoms with E-state index in [0.29, 0.717) is 30.8 Å². The number of sulfone groups is 1. The van der Waals surface area contributed by atoms with E-state index >= 15 is 0 Å². The maximum Gasteiger partial charge on any atom is 0.302 e. The third-order valence-corrected chi connectivity index (χ3v) is 7.88. The fourth-order valence-corrected chi connectivity index (χ4v) is 5.37. The van der Waals surface area contributed by atoms with Crippen LogP contribution in [-0.4, -0.2) is 48.4 Å². The Labute approximate surface area is 238 Å². The number of imidazole rings is 1. The van der Waals surface area contributed by atoms with Crippen molar-refractivity contribution in [1.29, 1.82) is 0 Å². The number of para-hydroxylation sites is 3. The average Bonchev–Trinajstić information content (AvgIpc) is 3.43. The van der Waals surface area contributed by atoms with Gasteiger partial charge in [-0.2, -0.15) is 0 Å². The van der Waals surface area contributed by atoms with Crippen molar-refractivity contribution in [3.8, 4) is 0 Å². The zero-order chi connectivity index (χ0) is 29.0. The Hall–Kier alpha value is -4.51. The number of carbonyl (C=O) groups excluding carboxylic acids is 2. The molecule has 0 saturated heterocycles. The van der Waals surface area contributed by atoms with Crippen LogP contribution in [0.4, 0.5) is 5.69 Å². The van der Waals surface area contributed by atoms with E-state index in [-0.39, 0.29) is 35.6 Å². The number of unbranched alkanes of at least 4 members (excludes halogenated alkanes) is 1. The van der Waals surface area contributed by atoms with Gasteiger partial charge < -0.3 is 14.1 Å². The molecule has 11 heteroatoms. The summed E-state index contributed by atoms with van der Waals surface area (Å²) in [4.78, 5) is 37.0. The van der Waals surface area contributed by atoms with Gasteiger partial charge in [0.2, 0.25) is 0 Å². The number of esters is 1. The minimum absolute atomic E-state index is 0.0755. The summed E-state index contributed by atoms with van der Waals surface area (Å²) in [5.41, 5.74) is 4.09. The first-order valence-electron chi connectivity index (χ1n) is 13.2. The van der Waals surface area contributed by atoms with Crippen LogP contribution in [-0.2, 0) is 48.7 Å². The highest BCUT2D eigenvalue weighted by Crippen LogP contribution is 2.31. The summed E-state index contributed by atoms with van der Waals surface area (Å²) < 4.78 is 30.6. The first kappa shape index (κ1) is 28.0. The monoisotopic (exact) mass is 574 g/mol. The van der Waals surface area contributed by atoms with Crippen molar-refractivity contribution in [3.63, 3.8) is 0 Å². The topological polar surface area (TPSA) is 120 Å². The minimum Gasteiger partial charge on any atom is -0.466 e. The van der Waals surface area contributed by atoms with Crippen LogP contribution in [0.1, 0.15) is 36.7 Å². The van der Waals surface area contributed by atoms with Crippen LogP contribution in [0.3, 0.4) is 0 Å². The molecule has 1 aliphatic rings. The van der Waals surface area contributed by atoms with Gasteiger partial charge in [0.25, 0.3) is 5.91 Å². The van der Waals surface area contributed by atoms with Crippen LogP contribution in [0.25, 0.3) is 11.0 Å². The first-order chi connectivity index (χ1) is 19.7. The standard InChI is InChI=1S/C30H30N4O6S/c1-21(35)39-18-8-7-17-33-27-12-6-4-10-25(27)31-28(33)19-34-26-11-5-3-9-24(26)29(30(34)36)32-40-20-22-13-15-23(16-14-22)41(2,37)38/h3-6,9-16H,7-8,17-20H2,1-2H3/b32-29+. The first-order valence-corrected chi connectivity index (χ1v) is 15.1. The number of ether oxygens (including phenoxy) is 1. The summed E-state index contributed by atoms with van der Waals surface area (Å²) in [7, 11) is -3.29. The number of benzene rings is 3. The minimum atomic E-state index is -3.29. The lowest BCUT2D eigenvalue weighted by molar-refractivity contribution is -0.141. The molecule has 0 unspecified atom stereocenters. The molecule has 212 valence electrons. The second-order valence-electron chi connectivity index (χ2n) is 9.75. The summed E-state index contributed by atoms with van der Waals surface area (Å²) in [6.07, 6.45) is 2.64. The lowest BCUT2D eigenvalue weighted by Gasteiger charge is -2.18. The molecular formula is C30H30N4O6S. The third-order valence-electron chi connectivity index (χ3n) is 6.75. The number of oxime groups is 1. The zero-order valence-electron chi connectivity index (χ0n) is 22.8. The fourth-order valence-electron chi connectivity index (χ4n) is 4.74. The van der Waals surface area contributed by atoms with Gasteiger partial charge in [0.1, 0.15) is 12.4 Å². The van der Waals surface area contributed by atoms with Crippen LogP contribution in [0, 0.1) is 0 Å². The van der Waals surface area contributed by atoms with Crippen LogP contribution in [0.5, 0.6) is 0 Å². The second kappa shape index (κ2) is 11.9. The van der Waals surface area contributed by atoms with Crippen molar-refractivity contribution < 1.29 is 27.6 Å². The predicted octanol–water partition coefficient (Wildman–Crippen LogP) is 4.25. The second-order valence-corrected chi connectivity index (χ2v) is 11.8. The number of rotatable bonds is 11. The molecule has 0 fully saturated rings. The molecule has 5 rings (SSSR count). The van der Waals surface area contributed by atoms with Crippen LogP contribution in [0.15, 0.2) is 82.8 Å². The maximum atomic E-state index is 13.6.